The maximum atomic E-state index is 12.7. The van der Waals surface area contributed by atoms with Crippen molar-refractivity contribution in [3.63, 3.8) is 0 Å². The highest BCUT2D eigenvalue weighted by molar-refractivity contribution is 6.34. The number of hydrogen-bond acceptors (Lipinski definition) is 7. The van der Waals surface area contributed by atoms with Gasteiger partial charge < -0.3 is 25.2 Å². The van der Waals surface area contributed by atoms with Crippen LogP contribution in [0, 0.1) is 11.8 Å². The normalized spacial score (nSPS) is 29.9. The number of fused-ring (bicyclic) bond motifs is 1. The van der Waals surface area contributed by atoms with Crippen molar-refractivity contribution < 1.29 is 19.7 Å². The Balaban J connectivity index is 1.26. The molecule has 2 unspecified atom stereocenters. The van der Waals surface area contributed by atoms with Crippen molar-refractivity contribution in [1.82, 2.24) is 9.88 Å². The zero-order valence-corrected chi connectivity index (χ0v) is 21.4. The van der Waals surface area contributed by atoms with Gasteiger partial charge in [-0.25, -0.2) is 4.98 Å². The van der Waals surface area contributed by atoms with E-state index >= 15 is 0 Å². The lowest BCUT2D eigenvalue weighted by Gasteiger charge is -2.45. The van der Waals surface area contributed by atoms with Gasteiger partial charge in [-0.1, -0.05) is 11.6 Å². The zero-order chi connectivity index (χ0) is 25.0. The Morgan fingerprint density at radius 1 is 1.20 bits per heavy atom. The summed E-state index contributed by atoms with van der Waals surface area (Å²) in [6, 6.07) is 5.88. The molecule has 2 atom stereocenters. The predicted octanol–water partition coefficient (Wildman–Crippen LogP) is 2.90. The molecule has 0 radical (unpaired) electrons. The van der Waals surface area contributed by atoms with Crippen LogP contribution in [0.25, 0.3) is 10.8 Å². The van der Waals surface area contributed by atoms with Crippen LogP contribution < -0.4 is 10.2 Å². The summed E-state index contributed by atoms with van der Waals surface area (Å²) in [4.78, 5) is 21.7. The summed E-state index contributed by atoms with van der Waals surface area (Å²) in [6.07, 6.45) is 2.65. The molecule has 35 heavy (non-hydrogen) atoms. The maximum absolute atomic E-state index is 12.7. The van der Waals surface area contributed by atoms with Crippen LogP contribution in [-0.4, -0.2) is 82.6 Å². The fraction of sp³-hybridized carbons (Fsp3) is 0.615. The number of aliphatic hydroxyl groups is 2. The number of piperazine rings is 1. The molecule has 8 nitrogen and oxygen atoms in total. The Morgan fingerprint density at radius 2 is 1.91 bits per heavy atom. The topological polar surface area (TPSA) is 98.2 Å². The first-order valence-corrected chi connectivity index (χ1v) is 12.8. The third-order valence-corrected chi connectivity index (χ3v) is 8.58. The minimum Gasteiger partial charge on any atom is -0.390 e. The summed E-state index contributed by atoms with van der Waals surface area (Å²) in [5, 5.41) is 26.0. The molecule has 2 aromatic rings. The largest absolute Gasteiger partial charge is 0.390 e. The number of aromatic nitrogens is 1. The molecule has 1 amide bonds. The number of aliphatic hydroxyl groups excluding tert-OH is 1. The lowest BCUT2D eigenvalue weighted by molar-refractivity contribution is -0.128. The van der Waals surface area contributed by atoms with E-state index in [4.69, 9.17) is 16.3 Å². The number of ether oxygens (including phenoxy) is 1. The maximum Gasteiger partial charge on any atom is 0.228 e. The second-order valence-corrected chi connectivity index (χ2v) is 11.5. The molecule has 9 heteroatoms. The fourth-order valence-electron chi connectivity index (χ4n) is 5.51. The van der Waals surface area contributed by atoms with Crippen LogP contribution >= 0.6 is 11.6 Å². The lowest BCUT2D eigenvalue weighted by atomic mass is 9.67. The standard InChI is InChI=1S/C26H35ClN4O4/c1-25(2,34)19-8-17(9-19)24(33)29-23-12-16-11-21(20(27)10-18(16)13-28-23)30-4-6-31(7-5-30)26(3)15-35-14-22(26)32/h10-13,17,19,22,32,34H,4-9,14-15H2,1-3H3,(H,28,29,33). The average molecular weight is 503 g/mol. The van der Waals surface area contributed by atoms with Crippen molar-refractivity contribution in [2.24, 2.45) is 11.8 Å². The third kappa shape index (κ3) is 4.74. The van der Waals surface area contributed by atoms with Crippen LogP contribution in [0.1, 0.15) is 33.6 Å². The molecule has 2 aliphatic heterocycles. The molecule has 3 N–H and O–H groups in total. The molecule has 1 aromatic carbocycles. The van der Waals surface area contributed by atoms with Gasteiger partial charge in [-0.3, -0.25) is 9.69 Å². The Morgan fingerprint density at radius 3 is 2.54 bits per heavy atom. The van der Waals surface area contributed by atoms with Gasteiger partial charge in [0.25, 0.3) is 0 Å². The van der Waals surface area contributed by atoms with Gasteiger partial charge in [0.1, 0.15) is 5.82 Å². The van der Waals surface area contributed by atoms with E-state index < -0.39 is 11.7 Å². The van der Waals surface area contributed by atoms with Crippen molar-refractivity contribution in [3.05, 3.63) is 29.4 Å². The van der Waals surface area contributed by atoms with Gasteiger partial charge in [-0.15, -0.1) is 0 Å². The molecule has 3 heterocycles. The Labute approximate surface area is 211 Å². The number of carbonyl (C=O) groups excluding carboxylic acids is 1. The van der Waals surface area contributed by atoms with Crippen molar-refractivity contribution in [2.45, 2.75) is 50.9 Å². The molecule has 1 aliphatic carbocycles. The van der Waals surface area contributed by atoms with Crippen molar-refractivity contribution in [1.29, 1.82) is 0 Å². The van der Waals surface area contributed by atoms with E-state index in [9.17, 15) is 15.0 Å². The lowest BCUT2D eigenvalue weighted by Crippen LogP contribution is -2.60. The molecule has 1 aromatic heterocycles. The van der Waals surface area contributed by atoms with Crippen LogP contribution in [0.2, 0.25) is 5.02 Å². The fourth-order valence-corrected chi connectivity index (χ4v) is 5.81. The van der Waals surface area contributed by atoms with Crippen LogP contribution in [0.5, 0.6) is 0 Å². The number of nitrogens with one attached hydrogen (secondary N) is 1. The summed E-state index contributed by atoms with van der Waals surface area (Å²) < 4.78 is 5.52. The molecule has 3 fully saturated rings. The quantitative estimate of drug-likeness (QED) is 0.578. The second kappa shape index (κ2) is 9.16. The highest BCUT2D eigenvalue weighted by Crippen LogP contribution is 2.41. The van der Waals surface area contributed by atoms with Crippen LogP contribution in [0.15, 0.2) is 24.4 Å². The van der Waals surface area contributed by atoms with E-state index in [0.717, 1.165) is 42.6 Å². The zero-order valence-electron chi connectivity index (χ0n) is 20.6. The number of pyridine rings is 1. The van der Waals surface area contributed by atoms with E-state index in [-0.39, 0.29) is 23.3 Å². The summed E-state index contributed by atoms with van der Waals surface area (Å²) in [6.45, 7) is 9.83. The summed E-state index contributed by atoms with van der Waals surface area (Å²) in [5.74, 6) is 0.538. The number of rotatable bonds is 5. The SMILES string of the molecule is CC(C)(O)C1CC(C(=O)Nc2cc3cc(N4CCN(C5(C)COCC5O)CC4)c(Cl)cc3cn2)C1. The van der Waals surface area contributed by atoms with Gasteiger partial charge in [0.2, 0.25) is 5.91 Å². The van der Waals surface area contributed by atoms with E-state index in [1.54, 1.807) is 20.0 Å². The van der Waals surface area contributed by atoms with Crippen molar-refractivity contribution in [2.75, 3.05) is 49.6 Å². The minimum absolute atomic E-state index is 0.0470. The smallest absolute Gasteiger partial charge is 0.228 e. The molecule has 190 valence electrons. The van der Waals surface area contributed by atoms with Gasteiger partial charge in [0, 0.05) is 43.7 Å². The average Bonchev–Trinajstić information content (AvgIpc) is 3.11. The molecular weight excluding hydrogens is 468 g/mol. The number of nitrogens with zero attached hydrogens (tertiary/aromatic N) is 3. The van der Waals surface area contributed by atoms with E-state index in [1.165, 1.54) is 0 Å². The van der Waals surface area contributed by atoms with Crippen molar-refractivity contribution in [3.8, 4) is 0 Å². The van der Waals surface area contributed by atoms with E-state index in [2.05, 4.69) is 33.1 Å². The van der Waals surface area contributed by atoms with Crippen LogP contribution in [0.3, 0.4) is 0 Å². The molecular formula is C26H35ClN4O4. The third-order valence-electron chi connectivity index (χ3n) is 8.28. The number of benzene rings is 1. The first-order valence-electron chi connectivity index (χ1n) is 12.4. The van der Waals surface area contributed by atoms with Gasteiger partial charge in [0.05, 0.1) is 41.2 Å². The van der Waals surface area contributed by atoms with Crippen LogP contribution in [-0.2, 0) is 9.53 Å². The van der Waals surface area contributed by atoms with Gasteiger partial charge in [-0.2, -0.15) is 0 Å². The first kappa shape index (κ1) is 24.7. The number of anilines is 2. The summed E-state index contributed by atoms with van der Waals surface area (Å²) in [5.41, 5.74) is -0.130. The predicted molar refractivity (Wildman–Crippen MR) is 137 cm³/mol. The van der Waals surface area contributed by atoms with E-state index in [1.807, 2.05) is 12.1 Å². The number of hydrogen-bond donors (Lipinski definition) is 3. The number of amides is 1. The number of carbonyl (C=O) groups is 1. The Hall–Kier alpha value is -1.97. The number of halogens is 1. The van der Waals surface area contributed by atoms with Gasteiger partial charge in [0.15, 0.2) is 0 Å². The first-order chi connectivity index (χ1) is 16.5. The van der Waals surface area contributed by atoms with Crippen LogP contribution in [0.4, 0.5) is 11.5 Å². The highest BCUT2D eigenvalue weighted by atomic mass is 35.5. The molecule has 0 spiro atoms. The Bertz CT molecular complexity index is 1110. The molecule has 2 saturated heterocycles. The van der Waals surface area contributed by atoms with E-state index in [0.29, 0.717) is 36.9 Å². The highest BCUT2D eigenvalue weighted by Gasteiger charge is 2.45. The second-order valence-electron chi connectivity index (χ2n) is 11.1. The molecule has 1 saturated carbocycles. The minimum atomic E-state index is -0.748. The molecule has 5 rings (SSSR count). The monoisotopic (exact) mass is 502 g/mol. The molecule has 0 bridgehead atoms. The van der Waals surface area contributed by atoms with Crippen molar-refractivity contribution >= 4 is 39.8 Å². The summed E-state index contributed by atoms with van der Waals surface area (Å²) in [7, 11) is 0. The summed E-state index contributed by atoms with van der Waals surface area (Å²) >= 11 is 6.66. The molecule has 3 aliphatic rings. The Kier molecular flexibility index (Phi) is 6.47. The van der Waals surface area contributed by atoms with Gasteiger partial charge in [-0.05, 0) is 63.1 Å². The van der Waals surface area contributed by atoms with Gasteiger partial charge >= 0.3 is 0 Å².